The number of amides is 1. The van der Waals surface area contributed by atoms with E-state index in [1.807, 2.05) is 19.1 Å². The largest absolute Gasteiger partial charge is 0.491 e. The first-order chi connectivity index (χ1) is 17.1. The van der Waals surface area contributed by atoms with Gasteiger partial charge in [-0.15, -0.1) is 0 Å². The fourth-order valence-corrected chi connectivity index (χ4v) is 5.84. The fraction of sp³-hybridized carbons (Fsp3) is 0.615. The third kappa shape index (κ3) is 5.19. The summed E-state index contributed by atoms with van der Waals surface area (Å²) in [5.74, 6) is 4.01. The van der Waals surface area contributed by atoms with E-state index in [0.717, 1.165) is 67.3 Å². The maximum Gasteiger partial charge on any atom is 0.223 e. The number of ether oxygens (including phenoxy) is 1. The summed E-state index contributed by atoms with van der Waals surface area (Å²) in [6, 6.07) is 4.97. The van der Waals surface area contributed by atoms with Crippen molar-refractivity contribution in [3.63, 3.8) is 0 Å². The van der Waals surface area contributed by atoms with Gasteiger partial charge in [-0.05, 0) is 63.9 Å². The molecule has 2 unspecified atom stereocenters. The van der Waals surface area contributed by atoms with Crippen molar-refractivity contribution in [2.24, 2.45) is 5.92 Å². The van der Waals surface area contributed by atoms with Gasteiger partial charge in [0.05, 0.1) is 13.2 Å². The maximum absolute atomic E-state index is 13.0. The number of anilines is 2. The molecule has 2 saturated heterocycles. The van der Waals surface area contributed by atoms with Crippen LogP contribution in [0.2, 0.25) is 0 Å². The molecule has 2 bridgehead atoms. The zero-order valence-corrected chi connectivity index (χ0v) is 20.4. The minimum absolute atomic E-state index is 0.370. The lowest BCUT2D eigenvalue weighted by molar-refractivity contribution is -0.141. The van der Waals surface area contributed by atoms with E-state index < -0.39 is 0 Å². The van der Waals surface area contributed by atoms with Crippen LogP contribution in [0, 0.1) is 12.8 Å². The molecule has 3 fully saturated rings. The lowest BCUT2D eigenvalue weighted by Crippen LogP contribution is -2.58. The van der Waals surface area contributed by atoms with Gasteiger partial charge >= 0.3 is 0 Å². The zero-order valence-electron chi connectivity index (χ0n) is 20.4. The van der Waals surface area contributed by atoms with Gasteiger partial charge in [-0.2, -0.15) is 5.10 Å². The predicted octanol–water partition coefficient (Wildman–Crippen LogP) is 3.81. The van der Waals surface area contributed by atoms with E-state index >= 15 is 0 Å². The highest BCUT2D eigenvalue weighted by Gasteiger charge is 2.41. The predicted molar refractivity (Wildman–Crippen MR) is 133 cm³/mol. The zero-order chi connectivity index (χ0) is 23.8. The Labute approximate surface area is 206 Å². The number of H-pyrrole nitrogens is 1. The van der Waals surface area contributed by atoms with Crippen molar-refractivity contribution in [3.05, 3.63) is 35.4 Å². The number of hydrogen-bond donors (Lipinski definition) is 3. The number of rotatable bonds is 8. The highest BCUT2D eigenvalue weighted by molar-refractivity contribution is 5.77. The van der Waals surface area contributed by atoms with Crippen LogP contribution in [0.1, 0.15) is 75.0 Å². The SMILES string of the molecule is Cc1cc(Nc2cc(C3=CCCO3)nc(CNC3CC4CCCC(C3)N4C(=O)CC3CC3)n2)n[nH]1. The van der Waals surface area contributed by atoms with Crippen molar-refractivity contribution >= 4 is 23.3 Å². The molecule has 0 aromatic carbocycles. The molecule has 35 heavy (non-hydrogen) atoms. The lowest BCUT2D eigenvalue weighted by Gasteiger charge is -2.49. The van der Waals surface area contributed by atoms with Crippen LogP contribution in [0.4, 0.5) is 11.6 Å². The first-order valence-corrected chi connectivity index (χ1v) is 13.2. The molecule has 3 N–H and O–H groups in total. The second-order valence-corrected chi connectivity index (χ2v) is 10.6. The van der Waals surface area contributed by atoms with Crippen LogP contribution in [0.25, 0.3) is 5.76 Å². The third-order valence-corrected chi connectivity index (χ3v) is 7.66. The number of aromatic nitrogens is 4. The molecule has 2 aromatic rings. The number of carbonyl (C=O) groups excluding carboxylic acids is 1. The van der Waals surface area contributed by atoms with Gasteiger partial charge in [-0.3, -0.25) is 9.89 Å². The number of carbonyl (C=O) groups is 1. The molecule has 2 atom stereocenters. The monoisotopic (exact) mass is 477 g/mol. The van der Waals surface area contributed by atoms with E-state index in [9.17, 15) is 4.79 Å². The molecule has 5 heterocycles. The minimum Gasteiger partial charge on any atom is -0.491 e. The lowest BCUT2D eigenvalue weighted by atomic mass is 9.81. The Morgan fingerprint density at radius 2 is 1.97 bits per heavy atom. The highest BCUT2D eigenvalue weighted by Crippen LogP contribution is 2.38. The van der Waals surface area contributed by atoms with Gasteiger partial charge in [0.2, 0.25) is 5.91 Å². The topological polar surface area (TPSA) is 108 Å². The van der Waals surface area contributed by atoms with Gasteiger partial charge < -0.3 is 20.3 Å². The van der Waals surface area contributed by atoms with E-state index in [1.54, 1.807) is 0 Å². The van der Waals surface area contributed by atoms with Crippen LogP contribution in [0.3, 0.4) is 0 Å². The van der Waals surface area contributed by atoms with Gasteiger partial charge in [0.1, 0.15) is 23.1 Å². The molecule has 6 rings (SSSR count). The molecule has 4 aliphatic rings. The molecule has 1 amide bonds. The summed E-state index contributed by atoms with van der Waals surface area (Å²) in [4.78, 5) is 24.8. The van der Waals surface area contributed by atoms with Crippen LogP contribution in [-0.2, 0) is 16.1 Å². The Morgan fingerprint density at radius 1 is 1.14 bits per heavy atom. The van der Waals surface area contributed by atoms with Crippen molar-refractivity contribution in [3.8, 4) is 0 Å². The molecule has 1 saturated carbocycles. The number of nitrogens with zero attached hydrogens (tertiary/aromatic N) is 4. The second kappa shape index (κ2) is 9.60. The summed E-state index contributed by atoms with van der Waals surface area (Å²) < 4.78 is 5.78. The molecular formula is C26H35N7O2. The van der Waals surface area contributed by atoms with Gasteiger partial charge in [-0.25, -0.2) is 9.97 Å². The average Bonchev–Trinajstić information content (AvgIpc) is 3.29. The van der Waals surface area contributed by atoms with E-state index in [0.29, 0.717) is 48.9 Å². The number of aromatic amines is 1. The number of nitrogens with one attached hydrogen (secondary N) is 3. The molecular weight excluding hydrogens is 442 g/mol. The number of piperidine rings is 2. The Morgan fingerprint density at radius 3 is 2.66 bits per heavy atom. The standard InChI is InChI=1S/C26H35N7O2/c1-16-10-24(32-31-16)29-23-14-21(22-6-3-9-35-22)28-25(30-23)15-27-18-12-19-4-2-5-20(13-18)33(19)26(34)11-17-7-8-17/h6,10,14,17-20,27H,2-5,7-9,11-13,15H2,1H3,(H2,28,29,30,31,32). The second-order valence-electron chi connectivity index (χ2n) is 10.6. The molecule has 0 spiro atoms. The highest BCUT2D eigenvalue weighted by atomic mass is 16.5. The van der Waals surface area contributed by atoms with Crippen molar-refractivity contribution < 1.29 is 9.53 Å². The van der Waals surface area contributed by atoms with Crippen LogP contribution in [0.5, 0.6) is 0 Å². The minimum atomic E-state index is 0.370. The Bertz CT molecular complexity index is 1090. The summed E-state index contributed by atoms with van der Waals surface area (Å²) >= 11 is 0. The summed E-state index contributed by atoms with van der Waals surface area (Å²) in [6.07, 6.45) is 11.7. The molecule has 186 valence electrons. The molecule has 0 radical (unpaired) electrons. The van der Waals surface area contributed by atoms with Crippen molar-refractivity contribution in [2.45, 2.75) is 89.4 Å². The average molecular weight is 478 g/mol. The quantitative estimate of drug-likeness (QED) is 0.530. The number of hydrogen-bond acceptors (Lipinski definition) is 7. The van der Waals surface area contributed by atoms with E-state index in [4.69, 9.17) is 14.7 Å². The molecule has 2 aromatic heterocycles. The Balaban J connectivity index is 1.14. The van der Waals surface area contributed by atoms with Crippen LogP contribution >= 0.6 is 0 Å². The van der Waals surface area contributed by atoms with E-state index in [-0.39, 0.29) is 0 Å². The van der Waals surface area contributed by atoms with Gasteiger partial charge in [0.25, 0.3) is 0 Å². The van der Waals surface area contributed by atoms with Crippen molar-refractivity contribution in [2.75, 3.05) is 11.9 Å². The van der Waals surface area contributed by atoms with Crippen molar-refractivity contribution in [1.29, 1.82) is 0 Å². The molecule has 9 nitrogen and oxygen atoms in total. The first-order valence-electron chi connectivity index (χ1n) is 13.2. The molecule has 9 heteroatoms. The van der Waals surface area contributed by atoms with Crippen LogP contribution < -0.4 is 10.6 Å². The number of aryl methyl sites for hydroxylation is 1. The summed E-state index contributed by atoms with van der Waals surface area (Å²) in [6.45, 7) is 3.24. The summed E-state index contributed by atoms with van der Waals surface area (Å²) in [5, 5.41) is 14.2. The van der Waals surface area contributed by atoms with Gasteiger partial charge in [-0.1, -0.05) is 0 Å². The first kappa shape index (κ1) is 22.5. The Hall–Kier alpha value is -2.94. The normalized spacial score (nSPS) is 25.8. The van der Waals surface area contributed by atoms with E-state index in [2.05, 4.69) is 31.8 Å². The van der Waals surface area contributed by atoms with Crippen LogP contribution in [-0.4, -0.2) is 55.7 Å². The summed E-state index contributed by atoms with van der Waals surface area (Å²) in [7, 11) is 0. The fourth-order valence-electron chi connectivity index (χ4n) is 5.84. The molecule has 3 aliphatic heterocycles. The maximum atomic E-state index is 13.0. The number of fused-ring (bicyclic) bond motifs is 2. The van der Waals surface area contributed by atoms with E-state index in [1.165, 1.54) is 19.3 Å². The summed E-state index contributed by atoms with van der Waals surface area (Å²) in [5.41, 5.74) is 1.78. The third-order valence-electron chi connectivity index (χ3n) is 7.66. The van der Waals surface area contributed by atoms with Crippen LogP contribution in [0.15, 0.2) is 18.2 Å². The van der Waals surface area contributed by atoms with Crippen molar-refractivity contribution in [1.82, 2.24) is 30.4 Å². The molecule has 1 aliphatic carbocycles. The Kier molecular flexibility index (Phi) is 6.18. The van der Waals surface area contributed by atoms with Gasteiger partial charge in [0, 0.05) is 48.8 Å². The van der Waals surface area contributed by atoms with Gasteiger partial charge in [0.15, 0.2) is 5.82 Å². The smallest absolute Gasteiger partial charge is 0.223 e.